The number of amides is 1. The van der Waals surface area contributed by atoms with Gasteiger partial charge < -0.3 is 10.6 Å². The Balaban J connectivity index is 2.13. The molecule has 1 aromatic rings. The van der Waals surface area contributed by atoms with Crippen molar-refractivity contribution >= 4 is 11.6 Å². The molecule has 5 nitrogen and oxygen atoms in total. The molecular formula is C11H16N4O. The van der Waals surface area contributed by atoms with Gasteiger partial charge in [-0.3, -0.25) is 9.89 Å². The average molecular weight is 220 g/mol. The lowest BCUT2D eigenvalue weighted by Crippen LogP contribution is -2.36. The Morgan fingerprint density at radius 2 is 2.06 bits per heavy atom. The second kappa shape index (κ2) is 4.09. The number of hydrogen-bond donors (Lipinski definition) is 3. The number of aryl methyl sites for hydroxylation is 2. The highest BCUT2D eigenvalue weighted by Gasteiger charge is 2.17. The molecule has 1 fully saturated rings. The fraction of sp³-hybridized carbons (Fsp3) is 0.455. The van der Waals surface area contributed by atoms with Crippen LogP contribution in [0.25, 0.3) is 0 Å². The maximum absolute atomic E-state index is 11.9. The summed E-state index contributed by atoms with van der Waals surface area (Å²) in [6.45, 7) is 7.26. The predicted octanol–water partition coefficient (Wildman–Crippen LogP) is 0.885. The molecule has 3 N–H and O–H groups in total. The van der Waals surface area contributed by atoms with Gasteiger partial charge >= 0.3 is 0 Å². The molecule has 5 heteroatoms. The summed E-state index contributed by atoms with van der Waals surface area (Å²) in [5, 5.41) is 12.9. The van der Waals surface area contributed by atoms with Crippen molar-refractivity contribution in [3.8, 4) is 0 Å². The predicted molar refractivity (Wildman–Crippen MR) is 62.3 cm³/mol. The number of aromatic nitrogens is 2. The number of carbonyl (C=O) groups is 1. The maximum Gasteiger partial charge on any atom is 0.251 e. The first kappa shape index (κ1) is 10.9. The van der Waals surface area contributed by atoms with E-state index in [2.05, 4.69) is 20.8 Å². The van der Waals surface area contributed by atoms with Crippen molar-refractivity contribution in [2.75, 3.05) is 18.4 Å². The third kappa shape index (κ3) is 1.86. The third-order valence-electron chi connectivity index (χ3n) is 2.91. The fourth-order valence-corrected chi connectivity index (χ4v) is 1.62. The highest BCUT2D eigenvalue weighted by Crippen LogP contribution is 2.18. The van der Waals surface area contributed by atoms with Crippen molar-refractivity contribution in [1.82, 2.24) is 15.5 Å². The summed E-state index contributed by atoms with van der Waals surface area (Å²) in [6.07, 6.45) is 0. The second-order valence-corrected chi connectivity index (χ2v) is 4.10. The molecule has 0 radical (unpaired) electrons. The lowest BCUT2D eigenvalue weighted by atomic mass is 10.0. The molecule has 0 unspecified atom stereocenters. The zero-order valence-corrected chi connectivity index (χ0v) is 9.77. The minimum atomic E-state index is -0.0379. The van der Waals surface area contributed by atoms with Gasteiger partial charge in [-0.1, -0.05) is 0 Å². The summed E-state index contributed by atoms with van der Waals surface area (Å²) in [7, 11) is 0. The van der Waals surface area contributed by atoms with E-state index in [1.807, 2.05) is 20.8 Å². The number of aromatic amines is 1. The van der Waals surface area contributed by atoms with Crippen LogP contribution in [0.15, 0.2) is 11.1 Å². The van der Waals surface area contributed by atoms with Crippen LogP contribution in [0.1, 0.15) is 18.3 Å². The van der Waals surface area contributed by atoms with Gasteiger partial charge in [0.2, 0.25) is 0 Å². The molecular weight excluding hydrogens is 204 g/mol. The van der Waals surface area contributed by atoms with Gasteiger partial charge in [-0.05, 0) is 26.3 Å². The summed E-state index contributed by atoms with van der Waals surface area (Å²) in [5.41, 5.74) is 4.47. The van der Waals surface area contributed by atoms with E-state index in [-0.39, 0.29) is 5.91 Å². The molecule has 0 bridgehead atoms. The molecule has 0 spiro atoms. The van der Waals surface area contributed by atoms with E-state index in [0.717, 1.165) is 35.7 Å². The second-order valence-electron chi connectivity index (χ2n) is 4.10. The first-order valence-electron chi connectivity index (χ1n) is 5.32. The van der Waals surface area contributed by atoms with Gasteiger partial charge in [-0.25, -0.2) is 0 Å². The van der Waals surface area contributed by atoms with Gasteiger partial charge in [0, 0.05) is 18.7 Å². The van der Waals surface area contributed by atoms with E-state index < -0.39 is 0 Å². The maximum atomic E-state index is 11.9. The summed E-state index contributed by atoms with van der Waals surface area (Å²) in [5.74, 6) is -0.0379. The lowest BCUT2D eigenvalue weighted by Gasteiger charge is -2.21. The van der Waals surface area contributed by atoms with E-state index in [1.165, 1.54) is 5.57 Å². The van der Waals surface area contributed by atoms with Gasteiger partial charge in [0.1, 0.15) is 0 Å². The van der Waals surface area contributed by atoms with Crippen molar-refractivity contribution in [2.45, 2.75) is 20.8 Å². The number of nitrogens with zero attached hydrogens (tertiary/aromatic N) is 1. The molecule has 1 saturated heterocycles. The fourth-order valence-electron chi connectivity index (χ4n) is 1.62. The van der Waals surface area contributed by atoms with Crippen LogP contribution in [-0.2, 0) is 4.79 Å². The first-order valence-corrected chi connectivity index (χ1v) is 5.32. The van der Waals surface area contributed by atoms with Gasteiger partial charge in [0.15, 0.2) is 0 Å². The molecule has 2 rings (SSSR count). The van der Waals surface area contributed by atoms with Crippen LogP contribution < -0.4 is 10.6 Å². The number of H-pyrrole nitrogens is 1. The van der Waals surface area contributed by atoms with E-state index in [1.54, 1.807) is 0 Å². The van der Waals surface area contributed by atoms with E-state index in [4.69, 9.17) is 0 Å². The Labute approximate surface area is 94.3 Å². The quantitative estimate of drug-likeness (QED) is 0.648. The Kier molecular flexibility index (Phi) is 2.78. The highest BCUT2D eigenvalue weighted by molar-refractivity contribution is 6.04. The normalized spacial score (nSPS) is 14.6. The Hall–Kier alpha value is -1.62. The minimum Gasteiger partial charge on any atom is -0.319 e. The number of carbonyl (C=O) groups excluding carboxylic acids is 1. The largest absolute Gasteiger partial charge is 0.319 e. The van der Waals surface area contributed by atoms with Gasteiger partial charge in [0.05, 0.1) is 17.1 Å². The van der Waals surface area contributed by atoms with Crippen molar-refractivity contribution < 1.29 is 4.79 Å². The molecule has 0 saturated carbocycles. The Morgan fingerprint density at radius 3 is 2.50 bits per heavy atom. The summed E-state index contributed by atoms with van der Waals surface area (Å²) < 4.78 is 0. The van der Waals surface area contributed by atoms with Crippen LogP contribution in [0.3, 0.4) is 0 Å². The number of hydrogen-bond acceptors (Lipinski definition) is 3. The Morgan fingerprint density at radius 1 is 1.38 bits per heavy atom. The molecule has 86 valence electrons. The number of rotatable bonds is 2. The zero-order valence-electron chi connectivity index (χ0n) is 9.77. The van der Waals surface area contributed by atoms with Crippen LogP contribution in [0.4, 0.5) is 5.69 Å². The van der Waals surface area contributed by atoms with E-state index in [0.29, 0.717) is 0 Å². The van der Waals surface area contributed by atoms with Crippen molar-refractivity contribution in [2.24, 2.45) is 0 Å². The van der Waals surface area contributed by atoms with Crippen LogP contribution >= 0.6 is 0 Å². The monoisotopic (exact) mass is 220 g/mol. The molecule has 16 heavy (non-hydrogen) atoms. The first-order chi connectivity index (χ1) is 7.59. The van der Waals surface area contributed by atoms with Crippen molar-refractivity contribution in [1.29, 1.82) is 0 Å². The lowest BCUT2D eigenvalue weighted by molar-refractivity contribution is -0.112. The van der Waals surface area contributed by atoms with Crippen LogP contribution in [-0.4, -0.2) is 29.2 Å². The topological polar surface area (TPSA) is 69.8 Å². The van der Waals surface area contributed by atoms with Gasteiger partial charge in [-0.2, -0.15) is 5.10 Å². The summed E-state index contributed by atoms with van der Waals surface area (Å²) in [6, 6.07) is 0. The SMILES string of the molecule is CC(C(=O)Nc1c(C)n[nH]c1C)=C1CNC1. The molecule has 0 aliphatic carbocycles. The highest BCUT2D eigenvalue weighted by atomic mass is 16.1. The van der Waals surface area contributed by atoms with Crippen LogP contribution in [0.5, 0.6) is 0 Å². The number of anilines is 1. The van der Waals surface area contributed by atoms with Gasteiger partial charge in [0.25, 0.3) is 5.91 Å². The van der Waals surface area contributed by atoms with Crippen molar-refractivity contribution in [3.63, 3.8) is 0 Å². The smallest absolute Gasteiger partial charge is 0.251 e. The van der Waals surface area contributed by atoms with E-state index in [9.17, 15) is 4.79 Å². The molecule has 1 aliphatic rings. The minimum absolute atomic E-state index is 0.0379. The Bertz CT molecular complexity index is 433. The zero-order chi connectivity index (χ0) is 11.7. The molecule has 0 aromatic carbocycles. The summed E-state index contributed by atoms with van der Waals surface area (Å²) in [4.78, 5) is 11.9. The molecule has 1 amide bonds. The number of nitrogens with one attached hydrogen (secondary N) is 3. The third-order valence-corrected chi connectivity index (χ3v) is 2.91. The average Bonchev–Trinajstić information content (AvgIpc) is 2.46. The standard InChI is InChI=1S/C11H16N4O/c1-6(9-4-12-5-9)11(16)13-10-7(2)14-15-8(10)3/h12H,4-5H2,1-3H3,(H,13,16)(H,14,15). The summed E-state index contributed by atoms with van der Waals surface area (Å²) >= 11 is 0. The van der Waals surface area contributed by atoms with E-state index >= 15 is 0 Å². The molecule has 1 aromatic heterocycles. The molecule has 1 aliphatic heterocycles. The van der Waals surface area contributed by atoms with Crippen molar-refractivity contribution in [3.05, 3.63) is 22.5 Å². The van der Waals surface area contributed by atoms with Crippen LogP contribution in [0, 0.1) is 13.8 Å². The molecule has 2 heterocycles. The van der Waals surface area contributed by atoms with Crippen LogP contribution in [0.2, 0.25) is 0 Å². The molecule has 0 atom stereocenters. The van der Waals surface area contributed by atoms with Gasteiger partial charge in [-0.15, -0.1) is 0 Å².